The normalized spacial score (nSPS) is 12.0. The summed E-state index contributed by atoms with van der Waals surface area (Å²) in [6, 6.07) is 16.5. The fraction of sp³-hybridized carbons (Fsp3) is 0.111. The number of hydrogen-bond acceptors (Lipinski definition) is 6. The van der Waals surface area contributed by atoms with Crippen LogP contribution < -0.4 is 5.43 Å². The van der Waals surface area contributed by atoms with E-state index < -0.39 is 10.0 Å². The molecule has 6 nitrogen and oxygen atoms in total. The van der Waals surface area contributed by atoms with Crippen LogP contribution in [-0.4, -0.2) is 38.0 Å². The van der Waals surface area contributed by atoms with E-state index in [1.807, 2.05) is 35.7 Å². The molecule has 0 bridgehead atoms. The minimum absolute atomic E-state index is 0.250. The SMILES string of the molecule is CN(C)S(=O)(=O)c1ccc(C=NNc2nc(-c3ccccc3)cs2)cc1. The molecule has 0 atom stereocenters. The number of anilines is 1. The van der Waals surface area contributed by atoms with Crippen LogP contribution in [0.2, 0.25) is 0 Å². The van der Waals surface area contributed by atoms with E-state index in [9.17, 15) is 8.42 Å². The van der Waals surface area contributed by atoms with E-state index in [1.54, 1.807) is 30.5 Å². The lowest BCUT2D eigenvalue weighted by molar-refractivity contribution is 0.521. The topological polar surface area (TPSA) is 74.7 Å². The molecule has 0 aliphatic carbocycles. The van der Waals surface area contributed by atoms with Crippen molar-refractivity contribution in [3.05, 3.63) is 65.5 Å². The summed E-state index contributed by atoms with van der Waals surface area (Å²) in [5, 5.41) is 6.81. The van der Waals surface area contributed by atoms with E-state index in [-0.39, 0.29) is 4.90 Å². The molecule has 0 aliphatic rings. The van der Waals surface area contributed by atoms with Crippen molar-refractivity contribution in [3.8, 4) is 11.3 Å². The quantitative estimate of drug-likeness (QED) is 0.520. The summed E-state index contributed by atoms with van der Waals surface area (Å²) in [7, 11) is -0.403. The molecule has 0 unspecified atom stereocenters. The van der Waals surface area contributed by atoms with Gasteiger partial charge in [-0.3, -0.25) is 5.43 Å². The average Bonchev–Trinajstić information content (AvgIpc) is 3.12. The fourth-order valence-corrected chi connectivity index (χ4v) is 3.74. The van der Waals surface area contributed by atoms with Gasteiger partial charge in [-0.25, -0.2) is 17.7 Å². The molecule has 2 aromatic carbocycles. The number of nitrogens with zero attached hydrogens (tertiary/aromatic N) is 3. The Hall–Kier alpha value is -2.55. The van der Waals surface area contributed by atoms with Crippen LogP contribution in [0.25, 0.3) is 11.3 Å². The van der Waals surface area contributed by atoms with E-state index in [4.69, 9.17) is 0 Å². The highest BCUT2D eigenvalue weighted by molar-refractivity contribution is 7.89. The third-order valence-corrected chi connectivity index (χ3v) is 6.18. The van der Waals surface area contributed by atoms with Crippen molar-refractivity contribution in [2.45, 2.75) is 4.90 Å². The predicted octanol–water partition coefficient (Wildman–Crippen LogP) is 3.51. The average molecular weight is 387 g/mol. The molecule has 0 aliphatic heterocycles. The van der Waals surface area contributed by atoms with Crippen LogP contribution in [0.1, 0.15) is 5.56 Å². The summed E-state index contributed by atoms with van der Waals surface area (Å²) in [4.78, 5) is 4.74. The van der Waals surface area contributed by atoms with Gasteiger partial charge in [0.05, 0.1) is 16.8 Å². The molecule has 0 amide bonds. The van der Waals surface area contributed by atoms with Crippen molar-refractivity contribution in [3.63, 3.8) is 0 Å². The van der Waals surface area contributed by atoms with Crippen LogP contribution >= 0.6 is 11.3 Å². The molecule has 3 rings (SSSR count). The molecule has 0 spiro atoms. The first-order valence-electron chi connectivity index (χ1n) is 7.79. The predicted molar refractivity (Wildman–Crippen MR) is 106 cm³/mol. The third-order valence-electron chi connectivity index (χ3n) is 3.61. The molecule has 8 heteroatoms. The van der Waals surface area contributed by atoms with E-state index >= 15 is 0 Å². The second-order valence-electron chi connectivity index (χ2n) is 5.63. The second kappa shape index (κ2) is 7.77. The van der Waals surface area contributed by atoms with Gasteiger partial charge in [0.2, 0.25) is 15.2 Å². The van der Waals surface area contributed by atoms with Crippen molar-refractivity contribution in [2.24, 2.45) is 5.10 Å². The second-order valence-corrected chi connectivity index (χ2v) is 8.64. The molecule has 3 aromatic rings. The first kappa shape index (κ1) is 18.2. The summed E-state index contributed by atoms with van der Waals surface area (Å²) in [5.41, 5.74) is 5.63. The standard InChI is InChI=1S/C18H18N4O2S2/c1-22(2)26(23,24)16-10-8-14(9-11-16)12-19-21-18-20-17(13-25-18)15-6-4-3-5-7-15/h3-13H,1-2H3,(H,20,21). The Balaban J connectivity index is 1.65. The maximum Gasteiger partial charge on any atom is 0.242 e. The maximum absolute atomic E-state index is 12.0. The van der Waals surface area contributed by atoms with Gasteiger partial charge < -0.3 is 0 Å². The van der Waals surface area contributed by atoms with Gasteiger partial charge in [-0.15, -0.1) is 11.3 Å². The minimum Gasteiger partial charge on any atom is -0.253 e. The van der Waals surface area contributed by atoms with Gasteiger partial charge >= 0.3 is 0 Å². The Morgan fingerprint density at radius 3 is 2.42 bits per heavy atom. The molecule has 1 aromatic heterocycles. The van der Waals surface area contributed by atoms with Crippen molar-refractivity contribution in [2.75, 3.05) is 19.5 Å². The van der Waals surface area contributed by atoms with Crippen molar-refractivity contribution in [1.29, 1.82) is 0 Å². The molecule has 1 heterocycles. The monoisotopic (exact) mass is 386 g/mol. The lowest BCUT2D eigenvalue weighted by atomic mass is 10.2. The van der Waals surface area contributed by atoms with Crippen molar-refractivity contribution >= 4 is 32.7 Å². The van der Waals surface area contributed by atoms with Crippen LogP contribution in [0.3, 0.4) is 0 Å². The van der Waals surface area contributed by atoms with Gasteiger partial charge in [0.15, 0.2) is 0 Å². The summed E-state index contributed by atoms with van der Waals surface area (Å²) in [6.07, 6.45) is 1.62. The Labute approximate surface area is 156 Å². The molecule has 1 N–H and O–H groups in total. The largest absolute Gasteiger partial charge is 0.253 e. The Morgan fingerprint density at radius 1 is 1.08 bits per heavy atom. The lowest BCUT2D eigenvalue weighted by Crippen LogP contribution is -2.22. The zero-order valence-corrected chi connectivity index (χ0v) is 16.0. The Morgan fingerprint density at radius 2 is 1.77 bits per heavy atom. The number of benzene rings is 2. The molecule has 134 valence electrons. The molecule has 0 fully saturated rings. The zero-order chi connectivity index (χ0) is 18.6. The molecule has 0 saturated carbocycles. The molecule has 0 radical (unpaired) electrons. The molecule has 0 saturated heterocycles. The molecular weight excluding hydrogens is 368 g/mol. The summed E-state index contributed by atoms with van der Waals surface area (Å²) in [5.74, 6) is 0. The van der Waals surface area contributed by atoms with Gasteiger partial charge in [-0.2, -0.15) is 5.10 Å². The van der Waals surface area contributed by atoms with Crippen LogP contribution in [0.4, 0.5) is 5.13 Å². The summed E-state index contributed by atoms with van der Waals surface area (Å²) < 4.78 is 25.3. The number of nitrogens with one attached hydrogen (secondary N) is 1. The summed E-state index contributed by atoms with van der Waals surface area (Å²) >= 11 is 1.47. The zero-order valence-electron chi connectivity index (χ0n) is 14.3. The number of hydrazone groups is 1. The summed E-state index contributed by atoms with van der Waals surface area (Å²) in [6.45, 7) is 0. The van der Waals surface area contributed by atoms with E-state index in [2.05, 4.69) is 15.5 Å². The van der Waals surface area contributed by atoms with Crippen LogP contribution in [-0.2, 0) is 10.0 Å². The molecular formula is C18H18N4O2S2. The van der Waals surface area contributed by atoms with E-state index in [0.29, 0.717) is 5.13 Å². The number of sulfonamides is 1. The van der Waals surface area contributed by atoms with Crippen LogP contribution in [0.15, 0.2) is 70.0 Å². The van der Waals surface area contributed by atoms with Crippen molar-refractivity contribution < 1.29 is 8.42 Å². The third kappa shape index (κ3) is 4.16. The highest BCUT2D eigenvalue weighted by Crippen LogP contribution is 2.24. The van der Waals surface area contributed by atoms with Crippen LogP contribution in [0, 0.1) is 0 Å². The van der Waals surface area contributed by atoms with Gasteiger partial charge in [0, 0.05) is 25.0 Å². The fourth-order valence-electron chi connectivity index (χ4n) is 2.17. The van der Waals surface area contributed by atoms with Crippen molar-refractivity contribution in [1.82, 2.24) is 9.29 Å². The Kier molecular flexibility index (Phi) is 5.46. The first-order chi connectivity index (χ1) is 12.5. The number of thiazole rings is 1. The number of hydrogen-bond donors (Lipinski definition) is 1. The van der Waals surface area contributed by atoms with Gasteiger partial charge in [0.1, 0.15) is 0 Å². The number of aromatic nitrogens is 1. The van der Waals surface area contributed by atoms with E-state index in [1.165, 1.54) is 29.7 Å². The molecule has 26 heavy (non-hydrogen) atoms. The smallest absolute Gasteiger partial charge is 0.242 e. The highest BCUT2D eigenvalue weighted by Gasteiger charge is 2.16. The minimum atomic E-state index is -3.42. The van der Waals surface area contributed by atoms with Gasteiger partial charge in [-0.1, -0.05) is 42.5 Å². The Bertz CT molecular complexity index is 995. The van der Waals surface area contributed by atoms with Gasteiger partial charge in [0.25, 0.3) is 0 Å². The van der Waals surface area contributed by atoms with Crippen LogP contribution in [0.5, 0.6) is 0 Å². The number of rotatable bonds is 6. The lowest BCUT2D eigenvalue weighted by Gasteiger charge is -2.10. The van der Waals surface area contributed by atoms with Gasteiger partial charge in [-0.05, 0) is 17.7 Å². The van der Waals surface area contributed by atoms with E-state index in [0.717, 1.165) is 16.8 Å². The first-order valence-corrected chi connectivity index (χ1v) is 10.1. The maximum atomic E-state index is 12.0. The highest BCUT2D eigenvalue weighted by atomic mass is 32.2.